The molecule has 3 aromatic carbocycles. The molecule has 0 unspecified atom stereocenters. The third kappa shape index (κ3) is 4.37. The van der Waals surface area contributed by atoms with Gasteiger partial charge in [-0.2, -0.15) is 0 Å². The zero-order valence-corrected chi connectivity index (χ0v) is 16.0. The second kappa shape index (κ2) is 8.74. The molecule has 4 heteroatoms. The van der Waals surface area contributed by atoms with Crippen molar-refractivity contribution in [3.8, 4) is 0 Å². The van der Waals surface area contributed by atoms with E-state index in [1.807, 2.05) is 66.9 Å². The summed E-state index contributed by atoms with van der Waals surface area (Å²) >= 11 is 0. The normalized spacial score (nSPS) is 11.1. The first-order valence-corrected chi connectivity index (χ1v) is 9.74. The van der Waals surface area contributed by atoms with Gasteiger partial charge in [-0.05, 0) is 47.7 Å². The molecule has 0 aliphatic heterocycles. The summed E-state index contributed by atoms with van der Waals surface area (Å²) in [4.78, 5) is 16.0. The van der Waals surface area contributed by atoms with Gasteiger partial charge in [0.2, 0.25) is 0 Å². The van der Waals surface area contributed by atoms with Crippen molar-refractivity contribution >= 4 is 16.9 Å². The minimum atomic E-state index is -0.445. The summed E-state index contributed by atoms with van der Waals surface area (Å²) < 4.78 is 19.1. The van der Waals surface area contributed by atoms with Crippen LogP contribution < -0.4 is 0 Å². The molecule has 1 N–H and O–H groups in total. The van der Waals surface area contributed by atoms with Crippen LogP contribution in [0.1, 0.15) is 29.0 Å². The largest absolute Gasteiger partial charge is 0.465 e. The summed E-state index contributed by atoms with van der Waals surface area (Å²) in [5, 5.41) is 0.878. The molecule has 0 amide bonds. The average Bonchev–Trinajstić information content (AvgIpc) is 3.15. The Bertz CT molecular complexity index is 1050. The summed E-state index contributed by atoms with van der Waals surface area (Å²) in [6, 6.07) is 24.1. The highest BCUT2D eigenvalue weighted by Gasteiger charge is 2.23. The molecular weight excluding hydrogens is 365 g/mol. The molecule has 0 bridgehead atoms. The van der Waals surface area contributed by atoms with E-state index >= 15 is 0 Å². The maximum absolute atomic E-state index is 13.5. The Hall–Kier alpha value is -3.40. The van der Waals surface area contributed by atoms with Gasteiger partial charge in [0.15, 0.2) is 0 Å². The molecule has 0 spiro atoms. The summed E-state index contributed by atoms with van der Waals surface area (Å²) in [6.45, 7) is 0.316. The quantitative estimate of drug-likeness (QED) is 0.331. The third-order valence-corrected chi connectivity index (χ3v) is 5.07. The van der Waals surface area contributed by atoms with Gasteiger partial charge in [0, 0.05) is 17.1 Å². The fraction of sp³-hybridized carbons (Fsp3) is 0.160. The number of hydrogen-bond acceptors (Lipinski definition) is 2. The highest BCUT2D eigenvalue weighted by molar-refractivity contribution is 5.83. The first-order valence-electron chi connectivity index (χ1n) is 9.74. The fourth-order valence-corrected chi connectivity index (χ4v) is 3.63. The number of halogens is 1. The standard InChI is InChI=1S/C25H22FNO2/c26-21-13-14-23-22(16-21)20(17-27-23)12-7-15-29-25(28)24(18-8-3-1-4-9-18)19-10-5-2-6-11-19/h1-6,8-11,13-14,16-17,24,27H,7,12,15H2. The van der Waals surface area contributed by atoms with Crippen LogP contribution in [0.25, 0.3) is 10.9 Å². The van der Waals surface area contributed by atoms with Crippen LogP contribution in [-0.2, 0) is 16.0 Å². The summed E-state index contributed by atoms with van der Waals surface area (Å²) in [7, 11) is 0. The van der Waals surface area contributed by atoms with Gasteiger partial charge < -0.3 is 9.72 Å². The molecule has 0 fully saturated rings. The van der Waals surface area contributed by atoms with E-state index in [2.05, 4.69) is 4.98 Å². The number of rotatable bonds is 7. The van der Waals surface area contributed by atoms with Crippen LogP contribution in [0.5, 0.6) is 0 Å². The molecule has 0 aliphatic carbocycles. The van der Waals surface area contributed by atoms with Gasteiger partial charge in [-0.25, -0.2) is 4.39 Å². The minimum Gasteiger partial charge on any atom is -0.465 e. The molecule has 0 radical (unpaired) electrons. The van der Waals surface area contributed by atoms with Crippen molar-refractivity contribution in [2.45, 2.75) is 18.8 Å². The molecule has 1 aromatic heterocycles. The lowest BCUT2D eigenvalue weighted by molar-refractivity contribution is -0.144. The number of ether oxygens (including phenoxy) is 1. The van der Waals surface area contributed by atoms with Crippen LogP contribution in [0.15, 0.2) is 85.1 Å². The molecule has 0 atom stereocenters. The Morgan fingerprint density at radius 3 is 2.24 bits per heavy atom. The van der Waals surface area contributed by atoms with Gasteiger partial charge in [0.25, 0.3) is 0 Å². The first-order chi connectivity index (χ1) is 14.2. The smallest absolute Gasteiger partial charge is 0.317 e. The van der Waals surface area contributed by atoms with Crippen molar-refractivity contribution in [2.24, 2.45) is 0 Å². The van der Waals surface area contributed by atoms with Gasteiger partial charge in [-0.1, -0.05) is 60.7 Å². The predicted octanol–water partition coefficient (Wildman–Crippen LogP) is 5.61. The lowest BCUT2D eigenvalue weighted by Crippen LogP contribution is -2.18. The molecule has 1 heterocycles. The number of aromatic amines is 1. The molecule has 0 saturated heterocycles. The summed E-state index contributed by atoms with van der Waals surface area (Å²) in [5.41, 5.74) is 3.76. The highest BCUT2D eigenvalue weighted by atomic mass is 19.1. The highest BCUT2D eigenvalue weighted by Crippen LogP contribution is 2.26. The van der Waals surface area contributed by atoms with Crippen LogP contribution in [0, 0.1) is 5.82 Å². The van der Waals surface area contributed by atoms with E-state index in [0.717, 1.165) is 27.6 Å². The van der Waals surface area contributed by atoms with Gasteiger partial charge in [-0.3, -0.25) is 4.79 Å². The number of aromatic nitrogens is 1. The lowest BCUT2D eigenvalue weighted by atomic mass is 9.91. The predicted molar refractivity (Wildman–Crippen MR) is 112 cm³/mol. The van der Waals surface area contributed by atoms with Crippen LogP contribution in [-0.4, -0.2) is 17.6 Å². The van der Waals surface area contributed by atoms with Crippen LogP contribution >= 0.6 is 0 Å². The minimum absolute atomic E-state index is 0.252. The first kappa shape index (κ1) is 18.9. The Kier molecular flexibility index (Phi) is 5.71. The molecule has 4 aromatic rings. The monoisotopic (exact) mass is 387 g/mol. The van der Waals surface area contributed by atoms with Crippen molar-refractivity contribution in [3.63, 3.8) is 0 Å². The molecular formula is C25H22FNO2. The SMILES string of the molecule is O=C(OCCCc1c[nH]c2ccc(F)cc12)C(c1ccccc1)c1ccccc1. The second-order valence-corrected chi connectivity index (χ2v) is 7.03. The summed E-state index contributed by atoms with van der Waals surface area (Å²) in [6.07, 6.45) is 3.27. The van der Waals surface area contributed by atoms with E-state index in [0.29, 0.717) is 19.4 Å². The zero-order valence-electron chi connectivity index (χ0n) is 16.0. The third-order valence-electron chi connectivity index (χ3n) is 5.07. The maximum Gasteiger partial charge on any atom is 0.317 e. The van der Waals surface area contributed by atoms with E-state index in [4.69, 9.17) is 4.74 Å². The number of carbonyl (C=O) groups excluding carboxylic acids is 1. The molecule has 146 valence electrons. The molecule has 3 nitrogen and oxygen atoms in total. The van der Waals surface area contributed by atoms with E-state index < -0.39 is 5.92 Å². The maximum atomic E-state index is 13.5. The van der Waals surface area contributed by atoms with Crippen LogP contribution in [0.3, 0.4) is 0 Å². The lowest BCUT2D eigenvalue weighted by Gasteiger charge is -2.17. The van der Waals surface area contributed by atoms with Crippen molar-refractivity contribution < 1.29 is 13.9 Å². The van der Waals surface area contributed by atoms with E-state index in [-0.39, 0.29) is 11.8 Å². The van der Waals surface area contributed by atoms with Gasteiger partial charge in [0.05, 0.1) is 6.61 Å². The van der Waals surface area contributed by atoms with Gasteiger partial charge in [0.1, 0.15) is 11.7 Å². The number of fused-ring (bicyclic) bond motifs is 1. The van der Waals surface area contributed by atoms with Crippen LogP contribution in [0.2, 0.25) is 0 Å². The molecule has 0 saturated carbocycles. The Morgan fingerprint density at radius 1 is 0.931 bits per heavy atom. The van der Waals surface area contributed by atoms with Crippen molar-refractivity contribution in [2.75, 3.05) is 6.61 Å². The number of H-pyrrole nitrogens is 1. The Morgan fingerprint density at radius 2 is 1.59 bits per heavy atom. The number of benzene rings is 3. The number of nitrogens with one attached hydrogen (secondary N) is 1. The number of esters is 1. The van der Waals surface area contributed by atoms with E-state index in [1.54, 1.807) is 6.07 Å². The van der Waals surface area contributed by atoms with E-state index in [1.165, 1.54) is 12.1 Å². The summed E-state index contributed by atoms with van der Waals surface area (Å²) in [5.74, 6) is -0.953. The fourth-order valence-electron chi connectivity index (χ4n) is 3.63. The second-order valence-electron chi connectivity index (χ2n) is 7.03. The van der Waals surface area contributed by atoms with Crippen molar-refractivity contribution in [1.82, 2.24) is 4.98 Å². The van der Waals surface area contributed by atoms with Crippen molar-refractivity contribution in [3.05, 3.63) is 108 Å². The van der Waals surface area contributed by atoms with Crippen LogP contribution in [0.4, 0.5) is 4.39 Å². The molecule has 29 heavy (non-hydrogen) atoms. The number of carbonyl (C=O) groups is 1. The van der Waals surface area contributed by atoms with Crippen molar-refractivity contribution in [1.29, 1.82) is 0 Å². The van der Waals surface area contributed by atoms with Gasteiger partial charge in [-0.15, -0.1) is 0 Å². The Labute approximate surface area is 169 Å². The topological polar surface area (TPSA) is 42.1 Å². The number of aryl methyl sites for hydroxylation is 1. The average molecular weight is 387 g/mol. The molecule has 0 aliphatic rings. The zero-order chi connectivity index (χ0) is 20.1. The number of hydrogen-bond donors (Lipinski definition) is 1. The van der Waals surface area contributed by atoms with Gasteiger partial charge >= 0.3 is 5.97 Å². The van der Waals surface area contributed by atoms with E-state index in [9.17, 15) is 9.18 Å². The Balaban J connectivity index is 1.41. The molecule has 4 rings (SSSR count).